The Morgan fingerprint density at radius 3 is 2.91 bits per heavy atom. The van der Waals surface area contributed by atoms with Crippen LogP contribution in [0.2, 0.25) is 0 Å². The molecule has 0 N–H and O–H groups in total. The highest BCUT2D eigenvalue weighted by molar-refractivity contribution is 5.83. The first-order chi connectivity index (χ1) is 11.1. The molecule has 2 heterocycles. The first-order valence-electron chi connectivity index (χ1n) is 8.18. The van der Waals surface area contributed by atoms with Crippen molar-refractivity contribution in [3.8, 4) is 0 Å². The van der Waals surface area contributed by atoms with Gasteiger partial charge in [0.15, 0.2) is 0 Å². The molecular formula is C18H20FN3O. The van der Waals surface area contributed by atoms with Crippen molar-refractivity contribution in [2.24, 2.45) is 13.0 Å². The summed E-state index contributed by atoms with van der Waals surface area (Å²) in [6.45, 7) is 0.791. The summed E-state index contributed by atoms with van der Waals surface area (Å²) in [5, 5.41) is 4.22. The molecule has 1 aromatic carbocycles. The smallest absolute Gasteiger partial charge is 0.226 e. The quantitative estimate of drug-likeness (QED) is 0.873. The lowest BCUT2D eigenvalue weighted by Crippen LogP contribution is -2.32. The van der Waals surface area contributed by atoms with E-state index in [1.165, 1.54) is 6.07 Å². The molecule has 2 aliphatic rings. The highest BCUT2D eigenvalue weighted by atomic mass is 19.1. The number of nitrogens with zero attached hydrogens (tertiary/aromatic N) is 3. The fourth-order valence-corrected chi connectivity index (χ4v) is 3.79. The fraction of sp³-hybridized carbons (Fsp3) is 0.444. The third-order valence-corrected chi connectivity index (χ3v) is 5.06. The van der Waals surface area contributed by atoms with Gasteiger partial charge in [0.2, 0.25) is 5.91 Å². The van der Waals surface area contributed by atoms with E-state index in [2.05, 4.69) is 5.10 Å². The molecule has 4 nitrogen and oxygen atoms in total. The van der Waals surface area contributed by atoms with Gasteiger partial charge in [0.25, 0.3) is 0 Å². The maximum atomic E-state index is 13.9. The molecule has 0 bridgehead atoms. The lowest BCUT2D eigenvalue weighted by Gasteiger charge is -2.24. The van der Waals surface area contributed by atoms with Crippen LogP contribution in [0.5, 0.6) is 0 Å². The van der Waals surface area contributed by atoms with E-state index < -0.39 is 0 Å². The topological polar surface area (TPSA) is 38.1 Å². The first kappa shape index (κ1) is 14.4. The molecule has 2 fully saturated rings. The van der Waals surface area contributed by atoms with E-state index in [1.807, 2.05) is 30.4 Å². The van der Waals surface area contributed by atoms with E-state index in [-0.39, 0.29) is 29.6 Å². The maximum absolute atomic E-state index is 13.9. The van der Waals surface area contributed by atoms with E-state index in [9.17, 15) is 9.18 Å². The van der Waals surface area contributed by atoms with Gasteiger partial charge in [-0.15, -0.1) is 0 Å². The van der Waals surface area contributed by atoms with Gasteiger partial charge >= 0.3 is 0 Å². The van der Waals surface area contributed by atoms with Crippen LogP contribution < -0.4 is 0 Å². The van der Waals surface area contributed by atoms with Gasteiger partial charge in [-0.1, -0.05) is 18.2 Å². The highest BCUT2D eigenvalue weighted by Gasteiger charge is 2.48. The van der Waals surface area contributed by atoms with Gasteiger partial charge in [-0.05, 0) is 36.8 Å². The van der Waals surface area contributed by atoms with Crippen LogP contribution in [0.25, 0.3) is 0 Å². The van der Waals surface area contributed by atoms with Gasteiger partial charge in [0.1, 0.15) is 5.82 Å². The second-order valence-corrected chi connectivity index (χ2v) is 6.61. The van der Waals surface area contributed by atoms with Crippen molar-refractivity contribution in [1.82, 2.24) is 14.7 Å². The van der Waals surface area contributed by atoms with Crippen LogP contribution in [0.3, 0.4) is 0 Å². The Hall–Kier alpha value is -2.17. The Kier molecular flexibility index (Phi) is 3.43. The normalized spacial score (nSPS) is 26.5. The van der Waals surface area contributed by atoms with Gasteiger partial charge in [-0.25, -0.2) is 4.39 Å². The Balaban J connectivity index is 1.50. The zero-order valence-corrected chi connectivity index (χ0v) is 13.2. The molecule has 1 saturated heterocycles. The molecule has 5 heteroatoms. The molecular weight excluding hydrogens is 293 g/mol. The number of aryl methyl sites for hydroxylation is 1. The number of carbonyl (C=O) groups excluding carboxylic acids is 1. The lowest BCUT2D eigenvalue weighted by atomic mass is 10.1. The monoisotopic (exact) mass is 313 g/mol. The molecule has 1 saturated carbocycles. The Bertz CT molecular complexity index is 741. The summed E-state index contributed by atoms with van der Waals surface area (Å²) < 4.78 is 15.7. The molecule has 1 aliphatic heterocycles. The van der Waals surface area contributed by atoms with Crippen LogP contribution >= 0.6 is 0 Å². The van der Waals surface area contributed by atoms with Crippen molar-refractivity contribution in [2.45, 2.75) is 31.2 Å². The maximum Gasteiger partial charge on any atom is 0.226 e. The van der Waals surface area contributed by atoms with Crippen molar-refractivity contribution >= 4 is 5.91 Å². The molecule has 2 aromatic rings. The summed E-state index contributed by atoms with van der Waals surface area (Å²) in [6.07, 6.45) is 6.59. The van der Waals surface area contributed by atoms with Gasteiger partial charge < -0.3 is 4.90 Å². The minimum absolute atomic E-state index is 0.0406. The standard InChI is InChI=1S/C18H20FN3O/c1-21-11-12(10-20-21)17-7-4-8-22(17)18(23)15-9-14(15)13-5-2-3-6-16(13)19/h2-3,5-6,10-11,14-15,17H,4,7-9H2,1H3. The second-order valence-electron chi connectivity index (χ2n) is 6.61. The third-order valence-electron chi connectivity index (χ3n) is 5.06. The van der Waals surface area contributed by atoms with E-state index in [0.717, 1.165) is 31.4 Å². The number of hydrogen-bond donors (Lipinski definition) is 0. The Morgan fingerprint density at radius 2 is 2.17 bits per heavy atom. The van der Waals surface area contributed by atoms with Gasteiger partial charge in [0, 0.05) is 31.3 Å². The van der Waals surface area contributed by atoms with E-state index >= 15 is 0 Å². The lowest BCUT2D eigenvalue weighted by molar-refractivity contribution is -0.133. The summed E-state index contributed by atoms with van der Waals surface area (Å²) >= 11 is 0. The van der Waals surface area contributed by atoms with Crippen molar-refractivity contribution in [2.75, 3.05) is 6.54 Å². The largest absolute Gasteiger partial charge is 0.335 e. The van der Waals surface area contributed by atoms with Gasteiger partial charge in [-0.2, -0.15) is 5.10 Å². The zero-order chi connectivity index (χ0) is 16.0. The number of rotatable bonds is 3. The SMILES string of the molecule is Cn1cc(C2CCCN2C(=O)C2CC2c2ccccc2F)cn1. The van der Waals surface area contributed by atoms with Crippen molar-refractivity contribution < 1.29 is 9.18 Å². The Morgan fingerprint density at radius 1 is 1.35 bits per heavy atom. The molecule has 120 valence electrons. The second kappa shape index (κ2) is 5.48. The number of amides is 1. The molecule has 0 radical (unpaired) electrons. The van der Waals surface area contributed by atoms with Crippen LogP contribution in [0, 0.1) is 11.7 Å². The fourth-order valence-electron chi connectivity index (χ4n) is 3.79. The molecule has 0 spiro atoms. The summed E-state index contributed by atoms with van der Waals surface area (Å²) in [5.74, 6) is -0.0503. The van der Waals surface area contributed by atoms with Crippen molar-refractivity contribution in [3.05, 3.63) is 53.6 Å². The number of hydrogen-bond acceptors (Lipinski definition) is 2. The number of aromatic nitrogens is 2. The molecule has 23 heavy (non-hydrogen) atoms. The third kappa shape index (κ3) is 2.54. The summed E-state index contributed by atoms with van der Waals surface area (Å²) in [6, 6.07) is 6.93. The van der Waals surface area contributed by atoms with Crippen LogP contribution in [0.15, 0.2) is 36.7 Å². The average molecular weight is 313 g/mol. The Labute approximate surface area is 134 Å². The minimum Gasteiger partial charge on any atom is -0.335 e. The van der Waals surface area contributed by atoms with Gasteiger partial charge in [0.05, 0.1) is 12.2 Å². The summed E-state index contributed by atoms with van der Waals surface area (Å²) in [7, 11) is 1.89. The van der Waals surface area contributed by atoms with Crippen LogP contribution in [0.4, 0.5) is 4.39 Å². The molecule has 1 aromatic heterocycles. The number of carbonyl (C=O) groups is 1. The van der Waals surface area contributed by atoms with Crippen molar-refractivity contribution in [3.63, 3.8) is 0 Å². The minimum atomic E-state index is -0.196. The number of halogens is 1. The first-order valence-corrected chi connectivity index (χ1v) is 8.18. The van der Waals surface area contributed by atoms with Crippen LogP contribution in [-0.2, 0) is 11.8 Å². The molecule has 3 atom stereocenters. The highest BCUT2D eigenvalue weighted by Crippen LogP contribution is 2.50. The van der Waals surface area contributed by atoms with Crippen molar-refractivity contribution in [1.29, 1.82) is 0 Å². The number of benzene rings is 1. The van der Waals surface area contributed by atoms with Crippen LogP contribution in [0.1, 0.15) is 42.3 Å². The summed E-state index contributed by atoms with van der Waals surface area (Å²) in [4.78, 5) is 14.8. The molecule has 4 rings (SSSR count). The van der Waals surface area contributed by atoms with E-state index in [4.69, 9.17) is 0 Å². The zero-order valence-electron chi connectivity index (χ0n) is 13.2. The molecule has 1 amide bonds. The molecule has 3 unspecified atom stereocenters. The van der Waals surface area contributed by atoms with E-state index in [0.29, 0.717) is 5.56 Å². The van der Waals surface area contributed by atoms with E-state index in [1.54, 1.807) is 16.8 Å². The predicted molar refractivity (Wildman–Crippen MR) is 84.1 cm³/mol. The number of likely N-dealkylation sites (tertiary alicyclic amines) is 1. The van der Waals surface area contributed by atoms with Crippen LogP contribution in [-0.4, -0.2) is 27.1 Å². The molecule has 1 aliphatic carbocycles. The summed E-state index contributed by atoms with van der Waals surface area (Å²) in [5.41, 5.74) is 1.78. The van der Waals surface area contributed by atoms with Gasteiger partial charge in [-0.3, -0.25) is 9.48 Å². The average Bonchev–Trinajstić information content (AvgIpc) is 2.97. The predicted octanol–water partition coefficient (Wildman–Crippen LogP) is 3.03.